The molecule has 0 aliphatic rings. The van der Waals surface area contributed by atoms with E-state index >= 15 is 0 Å². The summed E-state index contributed by atoms with van der Waals surface area (Å²) >= 11 is 6.34. The largest absolute Gasteiger partial charge is 0.306 e. The van der Waals surface area contributed by atoms with Crippen molar-refractivity contribution in [2.24, 2.45) is 0 Å². The van der Waals surface area contributed by atoms with Crippen molar-refractivity contribution in [3.63, 3.8) is 0 Å². The van der Waals surface area contributed by atoms with Crippen LogP contribution in [0.3, 0.4) is 0 Å². The first kappa shape index (κ1) is 14.0. The van der Waals surface area contributed by atoms with Crippen LogP contribution in [0.25, 0.3) is 0 Å². The van der Waals surface area contributed by atoms with E-state index in [4.69, 9.17) is 11.6 Å². The Hall–Kier alpha value is -1.38. The highest BCUT2D eigenvalue weighted by atomic mass is 35.5. The topological polar surface area (TPSA) is 24.9 Å². The summed E-state index contributed by atoms with van der Waals surface area (Å²) in [4.78, 5) is 4.38. The maximum absolute atomic E-state index is 6.34. The molecule has 1 aromatic carbocycles. The van der Waals surface area contributed by atoms with Gasteiger partial charge in [0.1, 0.15) is 0 Å². The van der Waals surface area contributed by atoms with E-state index in [9.17, 15) is 0 Å². The molecular formula is C16H19ClN2. The number of aromatic nitrogens is 1. The van der Waals surface area contributed by atoms with Crippen molar-refractivity contribution in [1.82, 2.24) is 10.3 Å². The summed E-state index contributed by atoms with van der Waals surface area (Å²) in [6.07, 6.45) is 2.91. The third-order valence-corrected chi connectivity index (χ3v) is 3.52. The molecule has 0 aliphatic carbocycles. The normalized spacial score (nSPS) is 12.4. The molecule has 0 spiro atoms. The van der Waals surface area contributed by atoms with E-state index in [1.54, 1.807) is 0 Å². The number of halogens is 1. The van der Waals surface area contributed by atoms with Crippen LogP contribution >= 0.6 is 11.6 Å². The van der Waals surface area contributed by atoms with Gasteiger partial charge in [-0.2, -0.15) is 0 Å². The van der Waals surface area contributed by atoms with Gasteiger partial charge < -0.3 is 5.32 Å². The SMILES string of the molecule is CCCNC(c1ccccc1Cl)c1cccnc1C. The van der Waals surface area contributed by atoms with Gasteiger partial charge in [0.05, 0.1) is 6.04 Å². The number of nitrogens with zero attached hydrogens (tertiary/aromatic N) is 1. The fourth-order valence-electron chi connectivity index (χ4n) is 2.19. The molecule has 1 N–H and O–H groups in total. The lowest BCUT2D eigenvalue weighted by molar-refractivity contribution is 0.594. The highest BCUT2D eigenvalue weighted by molar-refractivity contribution is 6.31. The second kappa shape index (κ2) is 6.69. The standard InChI is InChI=1S/C16H19ClN2/c1-3-10-19-16(13-8-6-11-18-12(13)2)14-7-4-5-9-15(14)17/h4-9,11,16,19H,3,10H2,1-2H3. The van der Waals surface area contributed by atoms with Crippen LogP contribution in [0, 0.1) is 6.92 Å². The Kier molecular flexibility index (Phi) is 4.94. The third-order valence-electron chi connectivity index (χ3n) is 3.17. The lowest BCUT2D eigenvalue weighted by Crippen LogP contribution is -2.24. The van der Waals surface area contributed by atoms with Gasteiger partial charge in [-0.05, 0) is 43.1 Å². The Labute approximate surface area is 119 Å². The number of benzene rings is 1. The maximum atomic E-state index is 6.34. The Bertz CT molecular complexity index is 494. The average Bonchev–Trinajstić information content (AvgIpc) is 2.42. The second-order valence-corrected chi connectivity index (χ2v) is 4.99. The third kappa shape index (κ3) is 3.34. The lowest BCUT2D eigenvalue weighted by Gasteiger charge is -2.21. The molecule has 3 heteroatoms. The van der Waals surface area contributed by atoms with Gasteiger partial charge in [-0.25, -0.2) is 0 Å². The van der Waals surface area contributed by atoms with Crippen molar-refractivity contribution in [2.75, 3.05) is 6.54 Å². The van der Waals surface area contributed by atoms with Gasteiger partial charge in [-0.3, -0.25) is 4.98 Å². The summed E-state index contributed by atoms with van der Waals surface area (Å²) in [5.74, 6) is 0. The number of hydrogen-bond acceptors (Lipinski definition) is 2. The molecule has 2 rings (SSSR count). The highest BCUT2D eigenvalue weighted by Gasteiger charge is 2.17. The zero-order chi connectivity index (χ0) is 13.7. The van der Waals surface area contributed by atoms with Crippen molar-refractivity contribution in [3.8, 4) is 0 Å². The smallest absolute Gasteiger partial charge is 0.0609 e. The zero-order valence-electron chi connectivity index (χ0n) is 11.4. The van der Waals surface area contributed by atoms with Gasteiger partial charge in [0.2, 0.25) is 0 Å². The van der Waals surface area contributed by atoms with Crippen LogP contribution < -0.4 is 5.32 Å². The van der Waals surface area contributed by atoms with Crippen LogP contribution in [0.4, 0.5) is 0 Å². The molecule has 0 radical (unpaired) electrons. The molecule has 2 nitrogen and oxygen atoms in total. The number of hydrogen-bond donors (Lipinski definition) is 1. The van der Waals surface area contributed by atoms with Crippen molar-refractivity contribution >= 4 is 11.6 Å². The second-order valence-electron chi connectivity index (χ2n) is 4.59. The Morgan fingerprint density at radius 3 is 2.58 bits per heavy atom. The molecule has 0 amide bonds. The average molecular weight is 275 g/mol. The van der Waals surface area contributed by atoms with Crippen molar-refractivity contribution in [3.05, 3.63) is 64.4 Å². The fraction of sp³-hybridized carbons (Fsp3) is 0.312. The van der Waals surface area contributed by atoms with Crippen molar-refractivity contribution in [2.45, 2.75) is 26.3 Å². The predicted octanol–water partition coefficient (Wildman–Crippen LogP) is 4.13. The first-order valence-electron chi connectivity index (χ1n) is 6.63. The fourth-order valence-corrected chi connectivity index (χ4v) is 2.43. The Morgan fingerprint density at radius 1 is 1.16 bits per heavy atom. The number of pyridine rings is 1. The molecule has 1 atom stereocenters. The molecule has 0 fully saturated rings. The molecule has 2 aromatic rings. The van der Waals surface area contributed by atoms with E-state index < -0.39 is 0 Å². The van der Waals surface area contributed by atoms with Crippen LogP contribution in [0.5, 0.6) is 0 Å². The molecule has 0 aliphatic heterocycles. The number of nitrogens with one attached hydrogen (secondary N) is 1. The molecule has 1 heterocycles. The number of aryl methyl sites for hydroxylation is 1. The van der Waals surface area contributed by atoms with Gasteiger partial charge in [0.25, 0.3) is 0 Å². The number of rotatable bonds is 5. The van der Waals surface area contributed by atoms with Gasteiger partial charge in [0.15, 0.2) is 0 Å². The van der Waals surface area contributed by atoms with E-state index in [-0.39, 0.29) is 6.04 Å². The highest BCUT2D eigenvalue weighted by Crippen LogP contribution is 2.29. The van der Waals surface area contributed by atoms with E-state index in [2.05, 4.69) is 29.4 Å². The Morgan fingerprint density at radius 2 is 1.89 bits per heavy atom. The van der Waals surface area contributed by atoms with Crippen LogP contribution in [-0.2, 0) is 0 Å². The predicted molar refractivity (Wildman–Crippen MR) is 80.6 cm³/mol. The summed E-state index contributed by atoms with van der Waals surface area (Å²) < 4.78 is 0. The minimum absolute atomic E-state index is 0.0994. The van der Waals surface area contributed by atoms with E-state index in [1.165, 1.54) is 5.56 Å². The van der Waals surface area contributed by atoms with E-state index in [0.717, 1.165) is 29.2 Å². The van der Waals surface area contributed by atoms with E-state index in [0.29, 0.717) is 0 Å². The monoisotopic (exact) mass is 274 g/mol. The zero-order valence-corrected chi connectivity index (χ0v) is 12.1. The van der Waals surface area contributed by atoms with Crippen molar-refractivity contribution < 1.29 is 0 Å². The van der Waals surface area contributed by atoms with Gasteiger partial charge in [-0.15, -0.1) is 0 Å². The molecule has 1 unspecified atom stereocenters. The molecular weight excluding hydrogens is 256 g/mol. The summed E-state index contributed by atoms with van der Waals surface area (Å²) in [6.45, 7) is 5.14. The summed E-state index contributed by atoms with van der Waals surface area (Å²) in [7, 11) is 0. The summed E-state index contributed by atoms with van der Waals surface area (Å²) in [5, 5.41) is 4.35. The Balaban J connectivity index is 2.42. The minimum Gasteiger partial charge on any atom is -0.306 e. The molecule has 0 saturated heterocycles. The molecule has 19 heavy (non-hydrogen) atoms. The van der Waals surface area contributed by atoms with Gasteiger partial charge >= 0.3 is 0 Å². The van der Waals surface area contributed by atoms with Crippen molar-refractivity contribution in [1.29, 1.82) is 0 Å². The molecule has 0 bridgehead atoms. The van der Waals surface area contributed by atoms with Crippen LogP contribution in [0.1, 0.15) is 36.2 Å². The van der Waals surface area contributed by atoms with Gasteiger partial charge in [0, 0.05) is 16.9 Å². The van der Waals surface area contributed by atoms with Crippen LogP contribution in [0.15, 0.2) is 42.6 Å². The minimum atomic E-state index is 0.0994. The summed E-state index contributed by atoms with van der Waals surface area (Å²) in [6, 6.07) is 12.2. The first-order valence-corrected chi connectivity index (χ1v) is 7.01. The van der Waals surface area contributed by atoms with Gasteiger partial charge in [-0.1, -0.05) is 42.8 Å². The summed E-state index contributed by atoms with van der Waals surface area (Å²) in [5.41, 5.74) is 3.33. The quantitative estimate of drug-likeness (QED) is 0.887. The van der Waals surface area contributed by atoms with E-state index in [1.807, 2.05) is 37.4 Å². The maximum Gasteiger partial charge on any atom is 0.0609 e. The van der Waals surface area contributed by atoms with Crippen LogP contribution in [0.2, 0.25) is 5.02 Å². The molecule has 100 valence electrons. The molecule has 0 saturated carbocycles. The first-order chi connectivity index (χ1) is 9.24. The van der Waals surface area contributed by atoms with Crippen LogP contribution in [-0.4, -0.2) is 11.5 Å². The molecule has 1 aromatic heterocycles. The lowest BCUT2D eigenvalue weighted by atomic mass is 9.97.